The number of ether oxygens (including phenoxy) is 1. The van der Waals surface area contributed by atoms with E-state index in [1.807, 2.05) is 55.5 Å². The molecule has 3 aromatic rings. The van der Waals surface area contributed by atoms with Gasteiger partial charge in [-0.05, 0) is 72.7 Å². The maximum atomic E-state index is 13.4. The van der Waals surface area contributed by atoms with Crippen molar-refractivity contribution in [2.75, 3.05) is 12.0 Å². The third-order valence-corrected chi connectivity index (χ3v) is 4.62. The SMILES string of the molecule is COc1cccc(/C=C2/N=C(c3ccc(F)cc3)N(c3cccc(C)c3)C2=O)c1. The van der Waals surface area contributed by atoms with Crippen LogP contribution in [0.3, 0.4) is 0 Å². The normalized spacial score (nSPS) is 15.0. The summed E-state index contributed by atoms with van der Waals surface area (Å²) in [4.78, 5) is 19.4. The molecule has 4 rings (SSSR count). The quantitative estimate of drug-likeness (QED) is 0.594. The minimum Gasteiger partial charge on any atom is -0.497 e. The van der Waals surface area contributed by atoms with Crippen molar-refractivity contribution in [3.8, 4) is 5.75 Å². The molecule has 5 heteroatoms. The number of carbonyl (C=O) groups excluding carboxylic acids is 1. The molecule has 0 atom stereocenters. The molecule has 144 valence electrons. The molecule has 0 radical (unpaired) electrons. The highest BCUT2D eigenvalue weighted by Crippen LogP contribution is 2.29. The summed E-state index contributed by atoms with van der Waals surface area (Å²) in [6.07, 6.45) is 1.73. The number of halogens is 1. The summed E-state index contributed by atoms with van der Waals surface area (Å²) in [6, 6.07) is 21.0. The maximum absolute atomic E-state index is 13.4. The molecule has 1 aliphatic rings. The summed E-state index contributed by atoms with van der Waals surface area (Å²) >= 11 is 0. The predicted molar refractivity (Wildman–Crippen MR) is 113 cm³/mol. The molecule has 29 heavy (non-hydrogen) atoms. The fraction of sp³-hybridized carbons (Fsp3) is 0.0833. The van der Waals surface area contributed by atoms with E-state index in [9.17, 15) is 9.18 Å². The molecule has 0 aliphatic carbocycles. The Morgan fingerprint density at radius 3 is 2.48 bits per heavy atom. The predicted octanol–water partition coefficient (Wildman–Crippen LogP) is 4.98. The van der Waals surface area contributed by atoms with Gasteiger partial charge in [0.1, 0.15) is 23.1 Å². The van der Waals surface area contributed by atoms with Crippen molar-refractivity contribution in [1.29, 1.82) is 0 Å². The molecule has 0 N–H and O–H groups in total. The highest BCUT2D eigenvalue weighted by Gasteiger charge is 2.32. The van der Waals surface area contributed by atoms with Gasteiger partial charge < -0.3 is 4.74 Å². The minimum absolute atomic E-state index is 0.238. The number of benzene rings is 3. The van der Waals surface area contributed by atoms with Crippen LogP contribution in [0.25, 0.3) is 6.08 Å². The van der Waals surface area contributed by atoms with Crippen LogP contribution in [0.15, 0.2) is 83.5 Å². The first-order chi connectivity index (χ1) is 14.0. The van der Waals surface area contributed by atoms with E-state index in [1.165, 1.54) is 12.1 Å². The van der Waals surface area contributed by atoms with Crippen LogP contribution >= 0.6 is 0 Å². The zero-order valence-electron chi connectivity index (χ0n) is 16.1. The Balaban J connectivity index is 1.82. The van der Waals surface area contributed by atoms with Gasteiger partial charge in [0.05, 0.1) is 12.8 Å². The average molecular weight is 386 g/mol. The van der Waals surface area contributed by atoms with Gasteiger partial charge in [-0.15, -0.1) is 0 Å². The van der Waals surface area contributed by atoms with Crippen LogP contribution in [-0.4, -0.2) is 18.9 Å². The molecule has 0 unspecified atom stereocenters. The molecular weight excluding hydrogens is 367 g/mol. The fourth-order valence-corrected chi connectivity index (χ4v) is 3.21. The summed E-state index contributed by atoms with van der Waals surface area (Å²) in [5.74, 6) is 0.587. The Bertz CT molecular complexity index is 1130. The van der Waals surface area contributed by atoms with Crippen molar-refractivity contribution in [2.45, 2.75) is 6.92 Å². The average Bonchev–Trinajstić information content (AvgIpc) is 3.05. The molecule has 0 aromatic heterocycles. The lowest BCUT2D eigenvalue weighted by Gasteiger charge is -2.19. The Hall–Kier alpha value is -3.73. The van der Waals surface area contributed by atoms with E-state index in [4.69, 9.17) is 4.74 Å². The first kappa shape index (κ1) is 18.6. The molecule has 0 spiro atoms. The summed E-state index contributed by atoms with van der Waals surface area (Å²) in [6.45, 7) is 1.96. The summed E-state index contributed by atoms with van der Waals surface area (Å²) < 4.78 is 18.7. The highest BCUT2D eigenvalue weighted by molar-refractivity contribution is 6.33. The lowest BCUT2D eigenvalue weighted by atomic mass is 10.1. The van der Waals surface area contributed by atoms with Gasteiger partial charge in [0.15, 0.2) is 0 Å². The van der Waals surface area contributed by atoms with E-state index < -0.39 is 0 Å². The molecule has 4 nitrogen and oxygen atoms in total. The second kappa shape index (κ2) is 7.72. The Labute approximate surface area is 168 Å². The number of aryl methyl sites for hydroxylation is 1. The lowest BCUT2D eigenvalue weighted by Crippen LogP contribution is -2.32. The van der Waals surface area contributed by atoms with Gasteiger partial charge in [-0.25, -0.2) is 9.38 Å². The zero-order chi connectivity index (χ0) is 20.4. The number of amides is 1. The molecule has 0 fully saturated rings. The molecule has 1 heterocycles. The van der Waals surface area contributed by atoms with Gasteiger partial charge in [0.25, 0.3) is 5.91 Å². The lowest BCUT2D eigenvalue weighted by molar-refractivity contribution is -0.113. The van der Waals surface area contributed by atoms with Crippen molar-refractivity contribution in [3.63, 3.8) is 0 Å². The van der Waals surface area contributed by atoms with E-state index in [0.29, 0.717) is 28.5 Å². The van der Waals surface area contributed by atoms with Gasteiger partial charge in [0.2, 0.25) is 0 Å². The van der Waals surface area contributed by atoms with E-state index >= 15 is 0 Å². The van der Waals surface area contributed by atoms with Crippen LogP contribution in [0.4, 0.5) is 10.1 Å². The maximum Gasteiger partial charge on any atom is 0.282 e. The van der Waals surface area contributed by atoms with Gasteiger partial charge in [0, 0.05) is 5.56 Å². The summed E-state index contributed by atoms with van der Waals surface area (Å²) in [5, 5.41) is 0. The third kappa shape index (κ3) is 3.80. The zero-order valence-corrected chi connectivity index (χ0v) is 16.1. The standard InChI is InChI=1S/C24H19FN2O2/c1-16-5-3-7-20(13-16)27-23(18-9-11-19(25)12-10-18)26-22(24(27)28)15-17-6-4-8-21(14-17)29-2/h3-15H,1-2H3/b22-15+. The van der Waals surface area contributed by atoms with E-state index in [1.54, 1.807) is 30.2 Å². The molecule has 0 saturated heterocycles. The van der Waals surface area contributed by atoms with E-state index in [0.717, 1.165) is 11.1 Å². The summed E-state index contributed by atoms with van der Waals surface area (Å²) in [5.41, 5.74) is 3.52. The van der Waals surface area contributed by atoms with Crippen LogP contribution in [0.1, 0.15) is 16.7 Å². The van der Waals surface area contributed by atoms with Crippen LogP contribution in [0.5, 0.6) is 5.75 Å². The smallest absolute Gasteiger partial charge is 0.282 e. The first-order valence-electron chi connectivity index (χ1n) is 9.16. The van der Waals surface area contributed by atoms with Crippen molar-refractivity contribution in [3.05, 3.63) is 101 Å². The van der Waals surface area contributed by atoms with Gasteiger partial charge in [-0.1, -0.05) is 24.3 Å². The number of aliphatic imine (C=N–C) groups is 1. The second-order valence-electron chi connectivity index (χ2n) is 6.73. The number of methoxy groups -OCH3 is 1. The van der Waals surface area contributed by atoms with Crippen LogP contribution in [0.2, 0.25) is 0 Å². The van der Waals surface area contributed by atoms with Crippen molar-refractivity contribution in [1.82, 2.24) is 0 Å². The molecule has 3 aromatic carbocycles. The Morgan fingerprint density at radius 1 is 1.00 bits per heavy atom. The van der Waals surface area contributed by atoms with Crippen LogP contribution in [0, 0.1) is 12.7 Å². The minimum atomic E-state index is -0.340. The molecular formula is C24H19FN2O2. The van der Waals surface area contributed by atoms with Gasteiger partial charge in [-0.2, -0.15) is 0 Å². The molecule has 0 bridgehead atoms. The number of carbonyl (C=O) groups is 1. The largest absolute Gasteiger partial charge is 0.497 e. The van der Waals surface area contributed by atoms with Crippen LogP contribution in [-0.2, 0) is 4.79 Å². The number of hydrogen-bond donors (Lipinski definition) is 0. The van der Waals surface area contributed by atoms with Gasteiger partial charge in [-0.3, -0.25) is 9.69 Å². The van der Waals surface area contributed by atoms with E-state index in [-0.39, 0.29) is 11.7 Å². The summed E-state index contributed by atoms with van der Waals surface area (Å²) in [7, 11) is 1.59. The van der Waals surface area contributed by atoms with Crippen molar-refractivity contribution >= 4 is 23.5 Å². The third-order valence-electron chi connectivity index (χ3n) is 4.62. The topological polar surface area (TPSA) is 41.9 Å². The second-order valence-corrected chi connectivity index (χ2v) is 6.73. The number of amidine groups is 1. The van der Waals surface area contributed by atoms with Crippen LogP contribution < -0.4 is 9.64 Å². The van der Waals surface area contributed by atoms with E-state index in [2.05, 4.69) is 4.99 Å². The Kier molecular flexibility index (Phi) is 4.96. The Morgan fingerprint density at radius 2 is 1.76 bits per heavy atom. The molecule has 0 saturated carbocycles. The van der Waals surface area contributed by atoms with Gasteiger partial charge >= 0.3 is 0 Å². The first-order valence-corrected chi connectivity index (χ1v) is 9.16. The monoisotopic (exact) mass is 386 g/mol. The number of hydrogen-bond acceptors (Lipinski definition) is 3. The number of rotatable bonds is 4. The molecule has 1 aliphatic heterocycles. The highest BCUT2D eigenvalue weighted by atomic mass is 19.1. The number of anilines is 1. The molecule has 1 amide bonds. The number of nitrogens with zero attached hydrogens (tertiary/aromatic N) is 2. The van der Waals surface area contributed by atoms with Crippen molar-refractivity contribution < 1.29 is 13.9 Å². The fourth-order valence-electron chi connectivity index (χ4n) is 3.21. The van der Waals surface area contributed by atoms with Crippen molar-refractivity contribution in [2.24, 2.45) is 4.99 Å².